The molecule has 7 heteroatoms. The number of rotatable bonds is 4. The van der Waals surface area contributed by atoms with Crippen LogP contribution in [0.5, 0.6) is 0 Å². The van der Waals surface area contributed by atoms with Gasteiger partial charge in [0.15, 0.2) is 11.2 Å². The summed E-state index contributed by atoms with van der Waals surface area (Å²) in [6.07, 6.45) is 1.02. The van der Waals surface area contributed by atoms with Crippen LogP contribution in [0, 0.1) is 0 Å². The fourth-order valence-corrected chi connectivity index (χ4v) is 2.95. The zero-order valence-electron chi connectivity index (χ0n) is 9.66. The molecule has 0 aromatic heterocycles. The molecule has 3 unspecified atom stereocenters. The highest BCUT2D eigenvalue weighted by molar-refractivity contribution is 7.80. The molecule has 1 aliphatic heterocycles. The highest BCUT2D eigenvalue weighted by atomic mass is 35.5. The largest absolute Gasteiger partial charge is 0.312 e. The predicted octanol–water partition coefficient (Wildman–Crippen LogP) is 1.57. The van der Waals surface area contributed by atoms with Crippen molar-refractivity contribution in [3.05, 3.63) is 33.8 Å². The first-order chi connectivity index (χ1) is 8.58. The summed E-state index contributed by atoms with van der Waals surface area (Å²) in [5.74, 6) is 0.329. The first-order valence-electron chi connectivity index (χ1n) is 5.66. The van der Waals surface area contributed by atoms with Crippen molar-refractivity contribution in [2.24, 2.45) is 5.14 Å². The van der Waals surface area contributed by atoms with Crippen LogP contribution in [-0.2, 0) is 11.2 Å². The van der Waals surface area contributed by atoms with E-state index in [1.807, 2.05) is 18.2 Å². The van der Waals surface area contributed by atoms with E-state index in [4.69, 9.17) is 28.3 Å². The fourth-order valence-electron chi connectivity index (χ4n) is 2.30. The normalized spacial score (nSPS) is 25.3. The van der Waals surface area contributed by atoms with Crippen LogP contribution in [0.3, 0.4) is 0 Å². The SMILES string of the molecule is NS(=O)NCC1NCCC1c1ccc(Cl)c(Cl)c1. The predicted molar refractivity (Wildman–Crippen MR) is 75.9 cm³/mol. The lowest BCUT2D eigenvalue weighted by molar-refractivity contribution is 0.538. The van der Waals surface area contributed by atoms with Gasteiger partial charge in [0.2, 0.25) is 0 Å². The third-order valence-corrected chi connectivity index (χ3v) is 4.36. The Morgan fingerprint density at radius 1 is 1.44 bits per heavy atom. The zero-order chi connectivity index (χ0) is 13.1. The summed E-state index contributed by atoms with van der Waals surface area (Å²) in [6.45, 7) is 1.49. The van der Waals surface area contributed by atoms with E-state index in [1.165, 1.54) is 0 Å². The molecule has 1 aromatic rings. The maximum Gasteiger partial charge on any atom is 0.164 e. The van der Waals surface area contributed by atoms with Crippen molar-refractivity contribution >= 4 is 34.4 Å². The van der Waals surface area contributed by atoms with Crippen LogP contribution in [0.4, 0.5) is 0 Å². The Morgan fingerprint density at radius 2 is 2.22 bits per heavy atom. The average Bonchev–Trinajstić information content (AvgIpc) is 2.78. The van der Waals surface area contributed by atoms with Gasteiger partial charge in [0.05, 0.1) is 10.0 Å². The van der Waals surface area contributed by atoms with Gasteiger partial charge in [0.25, 0.3) is 0 Å². The fraction of sp³-hybridized carbons (Fsp3) is 0.455. The van der Waals surface area contributed by atoms with E-state index in [-0.39, 0.29) is 6.04 Å². The monoisotopic (exact) mass is 307 g/mol. The Bertz CT molecular complexity index is 458. The molecule has 0 bridgehead atoms. The van der Waals surface area contributed by atoms with Crippen LogP contribution in [0.25, 0.3) is 0 Å². The van der Waals surface area contributed by atoms with Gasteiger partial charge in [-0.15, -0.1) is 0 Å². The molecule has 0 saturated carbocycles. The molecule has 0 spiro atoms. The highest BCUT2D eigenvalue weighted by Crippen LogP contribution is 2.32. The van der Waals surface area contributed by atoms with E-state index in [0.29, 0.717) is 22.5 Å². The number of nitrogens with one attached hydrogen (secondary N) is 2. The molecule has 0 amide bonds. The molecule has 4 N–H and O–H groups in total. The third kappa shape index (κ3) is 3.44. The molecule has 1 aliphatic rings. The number of hydrogen-bond acceptors (Lipinski definition) is 2. The summed E-state index contributed by atoms with van der Waals surface area (Å²) in [4.78, 5) is 0. The summed E-state index contributed by atoms with van der Waals surface area (Å²) >= 11 is 10.5. The molecule has 100 valence electrons. The molecule has 1 saturated heterocycles. The van der Waals surface area contributed by atoms with Gasteiger partial charge in [-0.05, 0) is 30.7 Å². The minimum atomic E-state index is -1.48. The van der Waals surface area contributed by atoms with Crippen molar-refractivity contribution in [1.29, 1.82) is 0 Å². The molecule has 1 aromatic carbocycles. The molecule has 2 rings (SSSR count). The number of nitrogens with two attached hydrogens (primary N) is 1. The van der Waals surface area contributed by atoms with Crippen LogP contribution < -0.4 is 15.2 Å². The van der Waals surface area contributed by atoms with Crippen LogP contribution in [-0.4, -0.2) is 23.3 Å². The smallest absolute Gasteiger partial charge is 0.164 e. The van der Waals surface area contributed by atoms with Crippen LogP contribution in [0.15, 0.2) is 18.2 Å². The van der Waals surface area contributed by atoms with E-state index >= 15 is 0 Å². The van der Waals surface area contributed by atoms with Gasteiger partial charge in [-0.2, -0.15) is 0 Å². The van der Waals surface area contributed by atoms with Gasteiger partial charge in [0.1, 0.15) is 0 Å². The Balaban J connectivity index is 2.10. The molecule has 0 radical (unpaired) electrons. The second kappa shape index (κ2) is 6.32. The molecule has 1 heterocycles. The number of halogens is 2. The Kier molecular flexibility index (Phi) is 5.00. The van der Waals surface area contributed by atoms with E-state index in [0.717, 1.165) is 18.5 Å². The Hall–Kier alpha value is -0.170. The lowest BCUT2D eigenvalue weighted by Gasteiger charge is -2.20. The van der Waals surface area contributed by atoms with Crippen LogP contribution in [0.2, 0.25) is 10.0 Å². The second-order valence-electron chi connectivity index (χ2n) is 4.28. The summed E-state index contributed by atoms with van der Waals surface area (Å²) < 4.78 is 13.6. The topological polar surface area (TPSA) is 67.2 Å². The third-order valence-electron chi connectivity index (χ3n) is 3.16. The molecule has 1 fully saturated rings. The molecule has 3 atom stereocenters. The summed E-state index contributed by atoms with van der Waals surface area (Å²) in [7, 11) is 0. The van der Waals surface area contributed by atoms with Crippen molar-refractivity contribution in [3.63, 3.8) is 0 Å². The standard InChI is InChI=1S/C11H15Cl2N3OS/c12-9-2-1-7(5-10(9)13)8-3-4-15-11(8)6-16-18(14)17/h1-2,5,8,11,15-16H,3-4,6,14H2. The quantitative estimate of drug-likeness (QED) is 0.790. The second-order valence-corrected chi connectivity index (χ2v) is 5.97. The molecule has 4 nitrogen and oxygen atoms in total. The van der Waals surface area contributed by atoms with Crippen molar-refractivity contribution < 1.29 is 4.21 Å². The molecular weight excluding hydrogens is 293 g/mol. The van der Waals surface area contributed by atoms with Crippen molar-refractivity contribution in [2.75, 3.05) is 13.1 Å². The lowest BCUT2D eigenvalue weighted by Crippen LogP contribution is -2.39. The summed E-state index contributed by atoms with van der Waals surface area (Å²) in [5.41, 5.74) is 1.14. The molecular formula is C11H15Cl2N3OS. The van der Waals surface area contributed by atoms with E-state index < -0.39 is 11.2 Å². The van der Waals surface area contributed by atoms with Crippen LogP contribution in [0.1, 0.15) is 17.9 Å². The van der Waals surface area contributed by atoms with Crippen molar-refractivity contribution in [1.82, 2.24) is 10.0 Å². The highest BCUT2D eigenvalue weighted by Gasteiger charge is 2.28. The zero-order valence-corrected chi connectivity index (χ0v) is 12.0. The molecule has 18 heavy (non-hydrogen) atoms. The van der Waals surface area contributed by atoms with Crippen LogP contribution >= 0.6 is 23.2 Å². The number of hydrogen-bond donors (Lipinski definition) is 3. The maximum absolute atomic E-state index is 10.9. The van der Waals surface area contributed by atoms with Crippen molar-refractivity contribution in [3.8, 4) is 0 Å². The maximum atomic E-state index is 10.9. The van der Waals surface area contributed by atoms with Gasteiger partial charge in [-0.1, -0.05) is 29.3 Å². The van der Waals surface area contributed by atoms with Gasteiger partial charge < -0.3 is 5.32 Å². The van der Waals surface area contributed by atoms with Gasteiger partial charge >= 0.3 is 0 Å². The number of benzene rings is 1. The Morgan fingerprint density at radius 3 is 2.89 bits per heavy atom. The Labute approximate surface area is 119 Å². The minimum absolute atomic E-state index is 0.203. The average molecular weight is 308 g/mol. The van der Waals surface area contributed by atoms with E-state index in [2.05, 4.69) is 10.0 Å². The molecule has 0 aliphatic carbocycles. The van der Waals surface area contributed by atoms with Gasteiger partial charge in [0, 0.05) is 18.5 Å². The van der Waals surface area contributed by atoms with Crippen molar-refractivity contribution in [2.45, 2.75) is 18.4 Å². The van der Waals surface area contributed by atoms with Gasteiger partial charge in [-0.3, -0.25) is 0 Å². The lowest BCUT2D eigenvalue weighted by atomic mass is 9.92. The van der Waals surface area contributed by atoms with E-state index in [1.54, 1.807) is 0 Å². The minimum Gasteiger partial charge on any atom is -0.312 e. The van der Waals surface area contributed by atoms with Gasteiger partial charge in [-0.25, -0.2) is 14.1 Å². The summed E-state index contributed by atoms with van der Waals surface area (Å²) in [6, 6.07) is 5.89. The first kappa shape index (κ1) is 14.2. The summed E-state index contributed by atoms with van der Waals surface area (Å²) in [5, 5.41) is 9.68. The van der Waals surface area contributed by atoms with E-state index in [9.17, 15) is 4.21 Å². The first-order valence-corrected chi connectivity index (χ1v) is 7.63.